The van der Waals surface area contributed by atoms with E-state index >= 15 is 0 Å². The Morgan fingerprint density at radius 1 is 1.09 bits per heavy atom. The molecular formula is C16H12ClFN4O. The maximum atomic E-state index is 13.0. The predicted octanol–water partition coefficient (Wildman–Crippen LogP) is 3.82. The first-order valence-corrected chi connectivity index (χ1v) is 7.17. The van der Waals surface area contributed by atoms with Gasteiger partial charge >= 0.3 is 0 Å². The summed E-state index contributed by atoms with van der Waals surface area (Å²) in [6, 6.07) is 12.8. The highest BCUT2D eigenvalue weighted by Crippen LogP contribution is 2.21. The molecule has 0 radical (unpaired) electrons. The second-order valence-corrected chi connectivity index (χ2v) is 5.30. The van der Waals surface area contributed by atoms with E-state index in [0.717, 1.165) is 5.56 Å². The third kappa shape index (κ3) is 3.22. The largest absolute Gasteiger partial charge is 0.291 e. The summed E-state index contributed by atoms with van der Waals surface area (Å²) in [4.78, 5) is 11.8. The molecule has 0 aliphatic heterocycles. The van der Waals surface area contributed by atoms with E-state index in [1.165, 1.54) is 23.7 Å². The lowest BCUT2D eigenvalue weighted by Gasteiger charge is -2.12. The molecule has 5 nitrogen and oxygen atoms in total. The molecule has 0 spiro atoms. The molecule has 1 N–H and O–H groups in total. The highest BCUT2D eigenvalue weighted by atomic mass is 35.5. The zero-order chi connectivity index (χ0) is 16.4. The van der Waals surface area contributed by atoms with Gasteiger partial charge in [0.25, 0.3) is 0 Å². The van der Waals surface area contributed by atoms with E-state index in [2.05, 4.69) is 15.6 Å². The number of ketones is 1. The second-order valence-electron chi connectivity index (χ2n) is 4.86. The number of anilines is 1. The van der Waals surface area contributed by atoms with Gasteiger partial charge in [-0.1, -0.05) is 11.6 Å². The van der Waals surface area contributed by atoms with Crippen molar-refractivity contribution in [2.45, 2.75) is 6.92 Å². The number of hydrogen-bond acceptors (Lipinski definition) is 4. The quantitative estimate of drug-likeness (QED) is 0.739. The molecule has 1 heterocycles. The van der Waals surface area contributed by atoms with Crippen LogP contribution >= 0.6 is 11.6 Å². The predicted molar refractivity (Wildman–Crippen MR) is 85.9 cm³/mol. The van der Waals surface area contributed by atoms with Gasteiger partial charge < -0.3 is 0 Å². The van der Waals surface area contributed by atoms with Crippen molar-refractivity contribution in [1.29, 1.82) is 0 Å². The minimum absolute atomic E-state index is 0.152. The minimum Gasteiger partial charge on any atom is -0.291 e. The number of aromatic nitrogens is 3. The second kappa shape index (κ2) is 6.18. The normalized spacial score (nSPS) is 10.6. The van der Waals surface area contributed by atoms with E-state index in [0.29, 0.717) is 16.5 Å². The Hall–Kier alpha value is -2.73. The SMILES string of the molecule is CC(=O)c1nnc(-c2ccc(Cl)cc2)n1Nc1ccc(F)cc1. The number of rotatable bonds is 4. The van der Waals surface area contributed by atoms with Gasteiger partial charge in [0.2, 0.25) is 5.82 Å². The van der Waals surface area contributed by atoms with Gasteiger partial charge in [-0.05, 0) is 48.5 Å². The van der Waals surface area contributed by atoms with Crippen molar-refractivity contribution in [1.82, 2.24) is 14.9 Å². The van der Waals surface area contributed by atoms with Gasteiger partial charge in [-0.3, -0.25) is 10.2 Å². The van der Waals surface area contributed by atoms with Crippen LogP contribution in [0.1, 0.15) is 17.5 Å². The molecule has 3 rings (SSSR count). The van der Waals surface area contributed by atoms with Crippen molar-refractivity contribution < 1.29 is 9.18 Å². The van der Waals surface area contributed by atoms with Crippen molar-refractivity contribution in [3.05, 3.63) is 65.2 Å². The molecule has 23 heavy (non-hydrogen) atoms. The van der Waals surface area contributed by atoms with Gasteiger partial charge in [0.05, 0.1) is 5.69 Å². The maximum absolute atomic E-state index is 13.0. The van der Waals surface area contributed by atoms with E-state index in [1.807, 2.05) is 0 Å². The topological polar surface area (TPSA) is 59.8 Å². The van der Waals surface area contributed by atoms with Gasteiger partial charge in [-0.15, -0.1) is 10.2 Å². The summed E-state index contributed by atoms with van der Waals surface area (Å²) in [6.45, 7) is 1.40. The summed E-state index contributed by atoms with van der Waals surface area (Å²) in [6.07, 6.45) is 0. The first-order valence-electron chi connectivity index (χ1n) is 6.79. The van der Waals surface area contributed by atoms with Gasteiger partial charge in [0.1, 0.15) is 5.82 Å². The molecule has 2 aromatic carbocycles. The number of halogens is 2. The fraction of sp³-hybridized carbons (Fsp3) is 0.0625. The average Bonchev–Trinajstić information content (AvgIpc) is 2.94. The maximum Gasteiger partial charge on any atom is 0.219 e. The lowest BCUT2D eigenvalue weighted by atomic mass is 10.2. The van der Waals surface area contributed by atoms with Crippen LogP contribution < -0.4 is 5.43 Å². The smallest absolute Gasteiger partial charge is 0.219 e. The fourth-order valence-electron chi connectivity index (χ4n) is 2.06. The van der Waals surface area contributed by atoms with E-state index in [1.54, 1.807) is 36.4 Å². The molecule has 0 unspecified atom stereocenters. The molecule has 0 aliphatic rings. The summed E-state index contributed by atoms with van der Waals surface area (Å²) in [5.41, 5.74) is 4.35. The summed E-state index contributed by atoms with van der Waals surface area (Å²) in [5, 5.41) is 8.58. The number of nitrogens with zero attached hydrogens (tertiary/aromatic N) is 3. The lowest BCUT2D eigenvalue weighted by Crippen LogP contribution is -2.17. The number of benzene rings is 2. The van der Waals surface area contributed by atoms with Crippen molar-refractivity contribution >= 4 is 23.1 Å². The molecule has 0 saturated carbocycles. The number of carbonyl (C=O) groups is 1. The van der Waals surface area contributed by atoms with Crippen LogP contribution in [0.25, 0.3) is 11.4 Å². The molecule has 3 aromatic rings. The Labute approximate surface area is 136 Å². The molecule has 0 saturated heterocycles. The highest BCUT2D eigenvalue weighted by Gasteiger charge is 2.17. The van der Waals surface area contributed by atoms with Crippen molar-refractivity contribution in [3.8, 4) is 11.4 Å². The van der Waals surface area contributed by atoms with E-state index in [9.17, 15) is 9.18 Å². The first-order chi connectivity index (χ1) is 11.0. The average molecular weight is 331 g/mol. The number of Topliss-reactive ketones (excluding diaryl/α,β-unsaturated/α-hetero) is 1. The molecule has 0 aliphatic carbocycles. The summed E-state index contributed by atoms with van der Waals surface area (Å²) in [5.74, 6) is 0.0202. The molecule has 0 bridgehead atoms. The van der Waals surface area contributed by atoms with Crippen LogP contribution in [0, 0.1) is 5.82 Å². The molecule has 7 heteroatoms. The summed E-state index contributed by atoms with van der Waals surface area (Å²) >= 11 is 5.89. The number of hydrogen-bond donors (Lipinski definition) is 1. The van der Waals surface area contributed by atoms with Gasteiger partial charge in [0, 0.05) is 17.5 Å². The van der Waals surface area contributed by atoms with Crippen LogP contribution in [0.3, 0.4) is 0 Å². The standard InChI is InChI=1S/C16H12ClFN4O/c1-10(23)15-19-20-16(11-2-4-12(17)5-3-11)22(15)21-14-8-6-13(18)7-9-14/h2-9,21H,1H3. The monoisotopic (exact) mass is 330 g/mol. The Morgan fingerprint density at radius 2 is 1.74 bits per heavy atom. The molecule has 0 amide bonds. The Morgan fingerprint density at radius 3 is 2.35 bits per heavy atom. The van der Waals surface area contributed by atoms with Gasteiger partial charge in [-0.2, -0.15) is 0 Å². The third-order valence-corrected chi connectivity index (χ3v) is 3.42. The Kier molecular flexibility index (Phi) is 4.08. The van der Waals surface area contributed by atoms with Crippen LogP contribution in [0.4, 0.5) is 10.1 Å². The van der Waals surface area contributed by atoms with Gasteiger partial charge in [-0.25, -0.2) is 9.07 Å². The molecule has 1 aromatic heterocycles. The zero-order valence-electron chi connectivity index (χ0n) is 12.1. The lowest BCUT2D eigenvalue weighted by molar-refractivity contribution is 0.100. The van der Waals surface area contributed by atoms with E-state index in [-0.39, 0.29) is 17.4 Å². The third-order valence-electron chi connectivity index (χ3n) is 3.17. The fourth-order valence-corrected chi connectivity index (χ4v) is 2.18. The molecule has 0 atom stereocenters. The van der Waals surface area contributed by atoms with E-state index < -0.39 is 0 Å². The van der Waals surface area contributed by atoms with Crippen molar-refractivity contribution in [2.75, 3.05) is 5.43 Å². The van der Waals surface area contributed by atoms with Crippen LogP contribution in [-0.4, -0.2) is 20.7 Å². The molecule has 0 fully saturated rings. The van der Waals surface area contributed by atoms with Crippen LogP contribution in [0.5, 0.6) is 0 Å². The van der Waals surface area contributed by atoms with Gasteiger partial charge in [0.15, 0.2) is 11.6 Å². The van der Waals surface area contributed by atoms with Crippen molar-refractivity contribution in [3.63, 3.8) is 0 Å². The zero-order valence-corrected chi connectivity index (χ0v) is 12.9. The van der Waals surface area contributed by atoms with Crippen LogP contribution in [0.15, 0.2) is 48.5 Å². The highest BCUT2D eigenvalue weighted by molar-refractivity contribution is 6.30. The number of nitrogens with one attached hydrogen (secondary N) is 1. The number of carbonyl (C=O) groups excluding carboxylic acids is 1. The van der Waals surface area contributed by atoms with Crippen LogP contribution in [0.2, 0.25) is 5.02 Å². The minimum atomic E-state index is -0.343. The van der Waals surface area contributed by atoms with Crippen molar-refractivity contribution in [2.24, 2.45) is 0 Å². The first kappa shape index (κ1) is 15.2. The Bertz CT molecular complexity index is 844. The Balaban J connectivity index is 2.05. The molecule has 116 valence electrons. The summed E-state index contributed by atoms with van der Waals surface area (Å²) < 4.78 is 14.5. The molecular weight excluding hydrogens is 319 g/mol. The summed E-state index contributed by atoms with van der Waals surface area (Å²) in [7, 11) is 0. The van der Waals surface area contributed by atoms with E-state index in [4.69, 9.17) is 11.6 Å². The van der Waals surface area contributed by atoms with Crippen LogP contribution in [-0.2, 0) is 0 Å².